The lowest BCUT2D eigenvalue weighted by Crippen LogP contribution is -2.50. The summed E-state index contributed by atoms with van der Waals surface area (Å²) in [5.41, 5.74) is 17.9. The lowest BCUT2D eigenvalue weighted by Gasteiger charge is -2.39. The van der Waals surface area contributed by atoms with Crippen LogP contribution < -0.4 is 43.6 Å². The molecule has 0 aliphatic carbocycles. The van der Waals surface area contributed by atoms with Crippen LogP contribution in [0.25, 0.3) is 0 Å². The number of hydrazine groups is 1. The Balaban J connectivity index is 1.37. The summed E-state index contributed by atoms with van der Waals surface area (Å²) in [5.74, 6) is -1.85. The minimum atomic E-state index is -0.873. The average Bonchev–Trinajstić information content (AvgIpc) is 3.30. The molecule has 0 aromatic heterocycles. The van der Waals surface area contributed by atoms with E-state index >= 15 is 0 Å². The summed E-state index contributed by atoms with van der Waals surface area (Å²) in [6.45, 7) is 11.7. The zero-order chi connectivity index (χ0) is 50.0. The van der Waals surface area contributed by atoms with Crippen molar-refractivity contribution < 1.29 is 52.5 Å². The van der Waals surface area contributed by atoms with Crippen molar-refractivity contribution in [1.82, 2.24) is 26.8 Å². The number of unbranched alkanes of at least 4 members (excludes halogenated alkanes) is 2. The van der Waals surface area contributed by atoms with Gasteiger partial charge in [0.25, 0.3) is 0 Å². The Bertz CT molecular complexity index is 1890. The molecule has 1 aromatic rings. The van der Waals surface area contributed by atoms with Crippen molar-refractivity contribution in [3.8, 4) is 0 Å². The van der Waals surface area contributed by atoms with Crippen molar-refractivity contribution in [2.75, 3.05) is 25.0 Å². The quantitative estimate of drug-likeness (QED) is 0.0227. The van der Waals surface area contributed by atoms with E-state index in [9.17, 15) is 33.6 Å². The van der Waals surface area contributed by atoms with Crippen LogP contribution in [0.1, 0.15) is 118 Å². The molecule has 0 radical (unpaired) electrons. The Morgan fingerprint density at radius 1 is 0.853 bits per heavy atom. The van der Waals surface area contributed by atoms with E-state index in [1.54, 1.807) is 37.3 Å². The maximum Gasteiger partial charge on any atom is 0.426 e. The van der Waals surface area contributed by atoms with Crippen molar-refractivity contribution in [1.29, 1.82) is 0 Å². The number of carbonyl (C=O) groups is 7. The monoisotopic (exact) mass is 953 g/mol. The minimum Gasteiger partial charge on any atom is -0.459 e. The molecule has 2 heterocycles. The second kappa shape index (κ2) is 30.7. The molecule has 68 heavy (non-hydrogen) atoms. The molecule has 9 atom stereocenters. The van der Waals surface area contributed by atoms with Gasteiger partial charge in [0, 0.05) is 25.1 Å². The molecule has 9 unspecified atom stereocenters. The standard InChI is InChI=1S/C49H76N8O11/c1-31(14-23-43-33(3)27-41(35(5)67-43)55-45(60)24-16-34(4)66-36(6)58)13-22-42-32(2)15-21-39(68-42)28-46(61)56-57-49(64)65-30-37-17-19-38(20-18-37)53-48(63)40(11-10-26-51)54-47(62)29-52-44(59)12-8-7-9-25-50/h13-14,16-20,22,24,32-35,39-43H,7-12,15,21,23,25-30,50-51H2,1-6H3,(H,52,59)(H,53,63)(H,54,62)(H,55,60)(H,56,61)(H,57,64). The molecule has 19 nitrogen and oxygen atoms in total. The summed E-state index contributed by atoms with van der Waals surface area (Å²) in [6.07, 6.45) is 13.5. The molecule has 19 heteroatoms. The number of nitrogens with one attached hydrogen (secondary N) is 6. The lowest BCUT2D eigenvalue weighted by molar-refractivity contribution is -0.143. The van der Waals surface area contributed by atoms with Crippen LogP contribution in [0.4, 0.5) is 10.5 Å². The van der Waals surface area contributed by atoms with Gasteiger partial charge in [-0.05, 0) is 121 Å². The van der Waals surface area contributed by atoms with Crippen molar-refractivity contribution in [3.63, 3.8) is 0 Å². The fraction of sp³-hybridized carbons (Fsp3) is 0.612. The molecule has 0 saturated carbocycles. The number of amides is 6. The molecule has 10 N–H and O–H groups in total. The van der Waals surface area contributed by atoms with Gasteiger partial charge in [0.1, 0.15) is 18.8 Å². The smallest absolute Gasteiger partial charge is 0.426 e. The predicted molar refractivity (Wildman–Crippen MR) is 257 cm³/mol. The van der Waals surface area contributed by atoms with Crippen molar-refractivity contribution in [2.45, 2.75) is 161 Å². The predicted octanol–water partition coefficient (Wildman–Crippen LogP) is 4.01. The molecule has 0 spiro atoms. The number of esters is 1. The first-order valence-electron chi connectivity index (χ1n) is 23.9. The average molecular weight is 953 g/mol. The molecular weight excluding hydrogens is 877 g/mol. The Morgan fingerprint density at radius 3 is 2.29 bits per heavy atom. The fourth-order valence-electron chi connectivity index (χ4n) is 7.69. The van der Waals surface area contributed by atoms with E-state index in [2.05, 4.69) is 52.0 Å². The molecule has 1 aromatic carbocycles. The Labute approximate surface area is 401 Å². The van der Waals surface area contributed by atoms with Gasteiger partial charge < -0.3 is 51.7 Å². The molecule has 0 bridgehead atoms. The van der Waals surface area contributed by atoms with E-state index in [1.165, 1.54) is 13.0 Å². The number of allylic oxidation sites excluding steroid dienone is 2. The number of carbonyl (C=O) groups excluding carboxylic acids is 7. The first kappa shape index (κ1) is 56.7. The van der Waals surface area contributed by atoms with E-state index < -0.39 is 41.9 Å². The zero-order valence-corrected chi connectivity index (χ0v) is 40.6. The van der Waals surface area contributed by atoms with E-state index in [4.69, 9.17) is 30.4 Å². The van der Waals surface area contributed by atoms with Crippen LogP contribution >= 0.6 is 0 Å². The normalized spacial score (nSPS) is 22.6. The third kappa shape index (κ3) is 22.4. The number of nitrogens with two attached hydrogens (primary N) is 2. The summed E-state index contributed by atoms with van der Waals surface area (Å²) in [5, 5.41) is 11.0. The Morgan fingerprint density at radius 2 is 1.59 bits per heavy atom. The molecule has 3 rings (SSSR count). The van der Waals surface area contributed by atoms with Crippen LogP contribution in [0.5, 0.6) is 0 Å². The largest absolute Gasteiger partial charge is 0.459 e. The van der Waals surface area contributed by atoms with Gasteiger partial charge in [-0.2, -0.15) is 0 Å². The lowest BCUT2D eigenvalue weighted by atomic mass is 9.88. The highest BCUT2D eigenvalue weighted by atomic mass is 16.6. The molecule has 2 saturated heterocycles. The van der Waals surface area contributed by atoms with Gasteiger partial charge in [-0.15, -0.1) is 0 Å². The fourth-order valence-corrected chi connectivity index (χ4v) is 7.69. The third-order valence-corrected chi connectivity index (χ3v) is 11.7. The van der Waals surface area contributed by atoms with Gasteiger partial charge >= 0.3 is 12.1 Å². The van der Waals surface area contributed by atoms with Gasteiger partial charge in [0.05, 0.1) is 43.4 Å². The number of rotatable bonds is 25. The highest BCUT2D eigenvalue weighted by Crippen LogP contribution is 2.29. The molecule has 6 amide bonds. The van der Waals surface area contributed by atoms with Crippen LogP contribution in [0.3, 0.4) is 0 Å². The van der Waals surface area contributed by atoms with E-state index in [-0.39, 0.29) is 73.7 Å². The highest BCUT2D eigenvalue weighted by Gasteiger charge is 2.34. The van der Waals surface area contributed by atoms with Crippen molar-refractivity contribution in [3.05, 3.63) is 65.8 Å². The van der Waals surface area contributed by atoms with E-state index in [0.717, 1.165) is 31.3 Å². The summed E-state index contributed by atoms with van der Waals surface area (Å²) in [4.78, 5) is 86.4. The summed E-state index contributed by atoms with van der Waals surface area (Å²) in [6, 6.07) is 5.55. The number of ether oxygens (including phenoxy) is 4. The van der Waals surface area contributed by atoms with E-state index in [0.29, 0.717) is 62.9 Å². The van der Waals surface area contributed by atoms with Crippen LogP contribution in [-0.2, 0) is 54.3 Å². The Hall–Kier alpha value is -5.63. The molecule has 2 fully saturated rings. The van der Waals surface area contributed by atoms with Gasteiger partial charge in [-0.25, -0.2) is 10.2 Å². The first-order chi connectivity index (χ1) is 32.5. The summed E-state index contributed by atoms with van der Waals surface area (Å²) >= 11 is 0. The number of anilines is 1. The topological polar surface area (TPSA) is 281 Å². The third-order valence-electron chi connectivity index (χ3n) is 11.7. The molecule has 378 valence electrons. The maximum atomic E-state index is 13.1. The maximum absolute atomic E-state index is 13.1. The SMILES string of the molecule is CC(=O)OC(C)C=CC(=O)NC1CC(C)C(CC=C(C)C=CC2OC(CC(=O)NNC(=O)OCc3ccc(NC(=O)C(CCCN)NC(=O)CNC(=O)CCCCCN)cc3)CCC2C)OC1C. The molecule has 2 aliphatic rings. The number of benzene rings is 1. The van der Waals surface area contributed by atoms with Crippen LogP contribution in [-0.4, -0.2) is 104 Å². The van der Waals surface area contributed by atoms with Crippen molar-refractivity contribution >= 4 is 47.3 Å². The highest BCUT2D eigenvalue weighted by molar-refractivity contribution is 5.97. The first-order valence-corrected chi connectivity index (χ1v) is 23.9. The number of hydrogen-bond donors (Lipinski definition) is 8. The van der Waals surface area contributed by atoms with Gasteiger partial charge in [-0.1, -0.05) is 56.2 Å². The second-order valence-corrected chi connectivity index (χ2v) is 17.8. The van der Waals surface area contributed by atoms with E-state index in [1.807, 2.05) is 26.0 Å². The minimum absolute atomic E-state index is 0.0149. The van der Waals surface area contributed by atoms with Crippen molar-refractivity contribution in [2.24, 2.45) is 23.3 Å². The summed E-state index contributed by atoms with van der Waals surface area (Å²) in [7, 11) is 0. The molecule has 2 aliphatic heterocycles. The van der Waals surface area contributed by atoms with Gasteiger partial charge in [0.2, 0.25) is 29.5 Å². The van der Waals surface area contributed by atoms with Crippen LogP contribution in [0, 0.1) is 11.8 Å². The second-order valence-electron chi connectivity index (χ2n) is 17.8. The molecular formula is C49H76N8O11. The Kier molecular flexibility index (Phi) is 25.6. The number of hydrogen-bond acceptors (Lipinski definition) is 13. The van der Waals surface area contributed by atoms with Gasteiger partial charge in [-0.3, -0.25) is 34.2 Å². The van der Waals surface area contributed by atoms with Crippen LogP contribution in [0.2, 0.25) is 0 Å². The zero-order valence-electron chi connectivity index (χ0n) is 40.6. The summed E-state index contributed by atoms with van der Waals surface area (Å²) < 4.78 is 22.9. The van der Waals surface area contributed by atoms with Gasteiger partial charge in [0.15, 0.2) is 0 Å². The van der Waals surface area contributed by atoms with Crippen LogP contribution in [0.15, 0.2) is 60.2 Å².